The van der Waals surface area contributed by atoms with Gasteiger partial charge in [0.25, 0.3) is 5.24 Å². The highest BCUT2D eigenvalue weighted by Gasteiger charge is 1.99. The Kier molecular flexibility index (Phi) is 3.58. The van der Waals surface area contributed by atoms with E-state index in [9.17, 15) is 4.79 Å². The van der Waals surface area contributed by atoms with Gasteiger partial charge in [0.05, 0.1) is 7.11 Å². The molecular weight excluding hydrogens is 192 g/mol. The highest BCUT2D eigenvalue weighted by molar-refractivity contribution is 6.63. The monoisotopic (exact) mass is 200 g/mol. The molecule has 0 aliphatic carbocycles. The van der Waals surface area contributed by atoms with Crippen LogP contribution in [-0.4, -0.2) is 19.0 Å². The Balaban J connectivity index is 2.61. The van der Waals surface area contributed by atoms with E-state index in [0.717, 1.165) is 0 Å². The van der Waals surface area contributed by atoms with Gasteiger partial charge in [0.1, 0.15) is 11.5 Å². The highest BCUT2D eigenvalue weighted by Crippen LogP contribution is 2.18. The fraction of sp³-hybridized carbons (Fsp3) is 0.222. The minimum atomic E-state index is -0.525. The van der Waals surface area contributed by atoms with Crippen molar-refractivity contribution in [3.05, 3.63) is 24.3 Å². The van der Waals surface area contributed by atoms with Gasteiger partial charge in [-0.2, -0.15) is 0 Å². The molecule has 0 amide bonds. The van der Waals surface area contributed by atoms with Crippen molar-refractivity contribution in [1.82, 2.24) is 0 Å². The lowest BCUT2D eigenvalue weighted by Gasteiger charge is -2.04. The Morgan fingerprint density at radius 2 is 2.15 bits per heavy atom. The smallest absolute Gasteiger partial charge is 0.259 e. The van der Waals surface area contributed by atoms with E-state index in [1.54, 1.807) is 31.4 Å². The lowest BCUT2D eigenvalue weighted by Crippen LogP contribution is -2.04. The van der Waals surface area contributed by atoms with Crippen molar-refractivity contribution in [2.75, 3.05) is 13.7 Å². The van der Waals surface area contributed by atoms with Crippen LogP contribution in [0.4, 0.5) is 0 Å². The van der Waals surface area contributed by atoms with E-state index in [4.69, 9.17) is 21.1 Å². The molecule has 70 valence electrons. The molecule has 0 radical (unpaired) electrons. The van der Waals surface area contributed by atoms with E-state index in [1.165, 1.54) is 0 Å². The van der Waals surface area contributed by atoms with Crippen LogP contribution in [0.15, 0.2) is 24.3 Å². The predicted octanol–water partition coefficient (Wildman–Crippen LogP) is 1.84. The first kappa shape index (κ1) is 9.86. The second kappa shape index (κ2) is 4.72. The Bertz CT molecular complexity index is 299. The molecule has 0 unspecified atom stereocenters. The summed E-state index contributed by atoms with van der Waals surface area (Å²) in [6.45, 7) is -0.130. The Labute approximate surface area is 81.2 Å². The number of hydrogen-bond donors (Lipinski definition) is 0. The van der Waals surface area contributed by atoms with Gasteiger partial charge < -0.3 is 9.47 Å². The van der Waals surface area contributed by atoms with E-state index in [1.807, 2.05) is 0 Å². The maximum atomic E-state index is 10.4. The van der Waals surface area contributed by atoms with Crippen molar-refractivity contribution in [1.29, 1.82) is 0 Å². The molecule has 0 aliphatic rings. The molecule has 0 spiro atoms. The van der Waals surface area contributed by atoms with Crippen LogP contribution in [0.3, 0.4) is 0 Å². The number of hydrogen-bond acceptors (Lipinski definition) is 3. The number of methoxy groups -OCH3 is 1. The molecule has 0 aliphatic heterocycles. The molecule has 0 bridgehead atoms. The first-order chi connectivity index (χ1) is 6.22. The van der Waals surface area contributed by atoms with Crippen LogP contribution < -0.4 is 9.47 Å². The lowest BCUT2D eigenvalue weighted by atomic mass is 10.3. The lowest BCUT2D eigenvalue weighted by molar-refractivity contribution is -0.113. The minimum Gasteiger partial charge on any atom is -0.497 e. The van der Waals surface area contributed by atoms with Crippen molar-refractivity contribution < 1.29 is 14.3 Å². The van der Waals surface area contributed by atoms with E-state index < -0.39 is 5.24 Å². The zero-order valence-electron chi connectivity index (χ0n) is 7.12. The van der Waals surface area contributed by atoms with Gasteiger partial charge in [0, 0.05) is 6.07 Å². The summed E-state index contributed by atoms with van der Waals surface area (Å²) >= 11 is 5.11. The van der Waals surface area contributed by atoms with Crippen LogP contribution in [0.1, 0.15) is 0 Å². The Morgan fingerprint density at radius 3 is 2.77 bits per heavy atom. The summed E-state index contributed by atoms with van der Waals surface area (Å²) in [5.74, 6) is 1.24. The number of benzene rings is 1. The molecule has 0 heterocycles. The molecule has 0 fully saturated rings. The SMILES string of the molecule is COc1cccc(OCC(=O)Cl)c1. The molecule has 3 nitrogen and oxygen atoms in total. The first-order valence-corrected chi connectivity index (χ1v) is 4.05. The minimum absolute atomic E-state index is 0.130. The largest absolute Gasteiger partial charge is 0.497 e. The standard InChI is InChI=1S/C9H9ClO3/c1-12-7-3-2-4-8(5-7)13-6-9(10)11/h2-5H,6H2,1H3. The van der Waals surface area contributed by atoms with Gasteiger partial charge in [-0.15, -0.1) is 0 Å². The summed E-state index contributed by atoms with van der Waals surface area (Å²) in [6, 6.07) is 6.96. The zero-order chi connectivity index (χ0) is 9.68. The van der Waals surface area contributed by atoms with E-state index >= 15 is 0 Å². The third kappa shape index (κ3) is 3.34. The van der Waals surface area contributed by atoms with Crippen LogP contribution >= 0.6 is 11.6 Å². The summed E-state index contributed by atoms with van der Waals surface area (Å²) < 4.78 is 10.0. The summed E-state index contributed by atoms with van der Waals surface area (Å²) in [6.07, 6.45) is 0. The van der Waals surface area contributed by atoms with Crippen molar-refractivity contribution >= 4 is 16.8 Å². The van der Waals surface area contributed by atoms with Gasteiger partial charge in [-0.3, -0.25) is 4.79 Å². The summed E-state index contributed by atoms with van der Waals surface area (Å²) in [5.41, 5.74) is 0. The van der Waals surface area contributed by atoms with Crippen LogP contribution in [-0.2, 0) is 4.79 Å². The third-order valence-electron chi connectivity index (χ3n) is 1.39. The fourth-order valence-corrected chi connectivity index (χ4v) is 0.886. The zero-order valence-corrected chi connectivity index (χ0v) is 7.88. The van der Waals surface area contributed by atoms with Crippen molar-refractivity contribution in [3.8, 4) is 11.5 Å². The molecule has 0 saturated heterocycles. The van der Waals surface area contributed by atoms with Crippen molar-refractivity contribution in [3.63, 3.8) is 0 Å². The fourth-order valence-electron chi connectivity index (χ4n) is 0.831. The maximum absolute atomic E-state index is 10.4. The molecule has 1 rings (SSSR count). The quantitative estimate of drug-likeness (QED) is 0.696. The van der Waals surface area contributed by atoms with Gasteiger partial charge >= 0.3 is 0 Å². The number of rotatable bonds is 4. The Morgan fingerprint density at radius 1 is 1.46 bits per heavy atom. The predicted molar refractivity (Wildman–Crippen MR) is 49.3 cm³/mol. The second-order valence-corrected chi connectivity index (χ2v) is 2.74. The summed E-state index contributed by atoms with van der Waals surface area (Å²) in [4.78, 5) is 10.4. The molecule has 0 aromatic heterocycles. The van der Waals surface area contributed by atoms with Crippen LogP contribution in [0.2, 0.25) is 0 Å². The van der Waals surface area contributed by atoms with Gasteiger partial charge in [-0.1, -0.05) is 6.07 Å². The molecule has 0 atom stereocenters. The average Bonchev–Trinajstić information content (AvgIpc) is 2.15. The topological polar surface area (TPSA) is 35.5 Å². The normalized spacial score (nSPS) is 9.38. The van der Waals surface area contributed by atoms with Gasteiger partial charge in [-0.25, -0.2) is 0 Å². The van der Waals surface area contributed by atoms with Crippen LogP contribution in [0.25, 0.3) is 0 Å². The molecule has 1 aromatic carbocycles. The molecule has 0 N–H and O–H groups in total. The van der Waals surface area contributed by atoms with Gasteiger partial charge in [0.15, 0.2) is 6.61 Å². The molecule has 1 aromatic rings. The average molecular weight is 201 g/mol. The summed E-state index contributed by atoms with van der Waals surface area (Å²) in [5, 5.41) is -0.525. The highest BCUT2D eigenvalue weighted by atomic mass is 35.5. The molecular formula is C9H9ClO3. The second-order valence-electron chi connectivity index (χ2n) is 2.32. The molecule has 13 heavy (non-hydrogen) atoms. The first-order valence-electron chi connectivity index (χ1n) is 3.67. The van der Waals surface area contributed by atoms with Crippen molar-refractivity contribution in [2.24, 2.45) is 0 Å². The van der Waals surface area contributed by atoms with Gasteiger partial charge in [0.2, 0.25) is 0 Å². The van der Waals surface area contributed by atoms with Gasteiger partial charge in [-0.05, 0) is 23.7 Å². The number of carbonyl (C=O) groups excluding carboxylic acids is 1. The van der Waals surface area contributed by atoms with Crippen LogP contribution in [0, 0.1) is 0 Å². The number of carbonyl (C=O) groups is 1. The van der Waals surface area contributed by atoms with E-state index in [-0.39, 0.29) is 6.61 Å². The van der Waals surface area contributed by atoms with Crippen molar-refractivity contribution in [2.45, 2.75) is 0 Å². The number of ether oxygens (including phenoxy) is 2. The summed E-state index contributed by atoms with van der Waals surface area (Å²) in [7, 11) is 1.56. The number of halogens is 1. The molecule has 4 heteroatoms. The van der Waals surface area contributed by atoms with Crippen LogP contribution in [0.5, 0.6) is 11.5 Å². The third-order valence-corrected chi connectivity index (χ3v) is 1.50. The van der Waals surface area contributed by atoms with E-state index in [2.05, 4.69) is 0 Å². The Hall–Kier alpha value is -1.22. The van der Waals surface area contributed by atoms with E-state index in [0.29, 0.717) is 11.5 Å². The molecule has 0 saturated carbocycles. The maximum Gasteiger partial charge on any atom is 0.259 e.